The van der Waals surface area contributed by atoms with E-state index >= 15 is 4.39 Å². The quantitative estimate of drug-likeness (QED) is 0.528. The second-order valence-electron chi connectivity index (χ2n) is 8.75. The molecule has 0 aromatic heterocycles. The summed E-state index contributed by atoms with van der Waals surface area (Å²) in [6.07, 6.45) is -0.579. The number of rotatable bonds is 7. The van der Waals surface area contributed by atoms with Gasteiger partial charge in [0, 0.05) is 20.3 Å². The Morgan fingerprint density at radius 1 is 1.10 bits per heavy atom. The number of ether oxygens (including phenoxy) is 2. The highest BCUT2D eigenvalue weighted by Gasteiger charge is 2.58. The lowest BCUT2D eigenvalue weighted by Crippen LogP contribution is -2.56. The maximum Gasteiger partial charge on any atom is 0.359 e. The van der Waals surface area contributed by atoms with Crippen LogP contribution in [0.4, 0.5) is 8.78 Å². The number of nitrogens with two attached hydrogens (primary N) is 1. The molecule has 0 bridgehead atoms. The monoisotopic (exact) mass is 431 g/mol. The third-order valence-electron chi connectivity index (χ3n) is 5.23. The molecule has 9 heteroatoms. The third kappa shape index (κ3) is 4.83. The Morgan fingerprint density at radius 2 is 1.62 bits per heavy atom. The van der Waals surface area contributed by atoms with Gasteiger partial charge in [0.05, 0.1) is 15.7 Å². The van der Waals surface area contributed by atoms with Crippen molar-refractivity contribution in [1.82, 2.24) is 0 Å². The van der Waals surface area contributed by atoms with Crippen LogP contribution in [-0.2, 0) is 35.5 Å². The fraction of sp³-hybridized carbons (Fsp3) is 0.600. The minimum atomic E-state index is -3.01. The summed E-state index contributed by atoms with van der Waals surface area (Å²) in [7, 11) is -1.75. The Kier molecular flexibility index (Phi) is 6.26. The van der Waals surface area contributed by atoms with Crippen LogP contribution >= 0.6 is 0 Å². The van der Waals surface area contributed by atoms with Crippen LogP contribution in [0.25, 0.3) is 0 Å². The lowest BCUT2D eigenvalue weighted by molar-refractivity contribution is -0.253. The van der Waals surface area contributed by atoms with Crippen molar-refractivity contribution in [3.63, 3.8) is 0 Å². The van der Waals surface area contributed by atoms with Crippen LogP contribution in [0.5, 0.6) is 0 Å². The van der Waals surface area contributed by atoms with E-state index in [1.165, 1.54) is 32.0 Å². The average Bonchev–Trinajstić information content (AvgIpc) is 2.57. The fourth-order valence-electron chi connectivity index (χ4n) is 3.64. The molecule has 2 rings (SSSR count). The van der Waals surface area contributed by atoms with Crippen LogP contribution in [0.3, 0.4) is 0 Å². The van der Waals surface area contributed by atoms with Crippen molar-refractivity contribution in [2.75, 3.05) is 0 Å². The minimum absolute atomic E-state index is 0.115. The maximum absolute atomic E-state index is 15.3. The van der Waals surface area contributed by atoms with Crippen molar-refractivity contribution >= 4 is 22.9 Å². The van der Waals surface area contributed by atoms with Crippen molar-refractivity contribution in [1.29, 1.82) is 0 Å². The number of carbonyl (C=O) groups is 2. The zero-order valence-electron chi connectivity index (χ0n) is 17.2. The Labute approximate surface area is 171 Å². The lowest BCUT2D eigenvalue weighted by atomic mass is 9.71. The molecule has 1 unspecified atom stereocenters. The number of hydrogen-bond donors (Lipinski definition) is 1. The predicted octanol–water partition coefficient (Wildman–Crippen LogP) is 3.20. The van der Waals surface area contributed by atoms with Gasteiger partial charge in [0.1, 0.15) is 5.82 Å². The zero-order valence-corrected chi connectivity index (χ0v) is 18.0. The molecule has 0 radical (unpaired) electrons. The van der Waals surface area contributed by atoms with Gasteiger partial charge in [-0.05, 0) is 43.7 Å². The molecule has 1 aromatic carbocycles. The van der Waals surface area contributed by atoms with Crippen LogP contribution in [0.1, 0.15) is 59.4 Å². The molecule has 29 heavy (non-hydrogen) atoms. The smallest absolute Gasteiger partial charge is 0.359 e. The first kappa shape index (κ1) is 23.4. The second kappa shape index (κ2) is 7.75. The molecule has 0 spiro atoms. The molecule has 0 amide bonds. The van der Waals surface area contributed by atoms with Gasteiger partial charge >= 0.3 is 17.6 Å². The van der Waals surface area contributed by atoms with Gasteiger partial charge in [0.15, 0.2) is 0 Å². The molecule has 0 aliphatic carbocycles. The highest BCUT2D eigenvalue weighted by Crippen LogP contribution is 2.43. The Bertz CT molecular complexity index is 822. The lowest BCUT2D eigenvalue weighted by Gasteiger charge is -2.40. The van der Waals surface area contributed by atoms with Crippen molar-refractivity contribution in [3.8, 4) is 0 Å². The van der Waals surface area contributed by atoms with Gasteiger partial charge in [-0.25, -0.2) is 22.6 Å². The minimum Gasteiger partial charge on any atom is -0.420 e. The summed E-state index contributed by atoms with van der Waals surface area (Å²) in [6, 6.07) is 5.94. The first-order valence-corrected chi connectivity index (χ1v) is 10.4. The van der Waals surface area contributed by atoms with Crippen molar-refractivity contribution in [3.05, 3.63) is 35.6 Å². The summed E-state index contributed by atoms with van der Waals surface area (Å²) in [5, 5.41) is 5.59. The van der Waals surface area contributed by atoms with E-state index in [2.05, 4.69) is 0 Å². The first-order valence-electron chi connectivity index (χ1n) is 9.20. The number of hydrogen-bond acceptors (Lipinski definition) is 5. The molecule has 1 heterocycles. The summed E-state index contributed by atoms with van der Waals surface area (Å²) < 4.78 is 50.7. The highest BCUT2D eigenvalue weighted by molar-refractivity contribution is 7.84. The van der Waals surface area contributed by atoms with Gasteiger partial charge in [0.2, 0.25) is 0 Å². The molecule has 2 atom stereocenters. The largest absolute Gasteiger partial charge is 0.420 e. The van der Waals surface area contributed by atoms with E-state index < -0.39 is 56.8 Å². The van der Waals surface area contributed by atoms with E-state index in [0.717, 1.165) is 0 Å². The van der Waals surface area contributed by atoms with Crippen LogP contribution < -0.4 is 5.14 Å². The van der Waals surface area contributed by atoms with Gasteiger partial charge in [-0.2, -0.15) is 0 Å². The van der Waals surface area contributed by atoms with Crippen molar-refractivity contribution in [2.45, 2.75) is 75.5 Å². The molecular weight excluding hydrogens is 404 g/mol. The normalized spacial score (nSPS) is 21.7. The van der Waals surface area contributed by atoms with Crippen LogP contribution in [0, 0.1) is 5.82 Å². The number of cyclic esters (lactones) is 2. The Morgan fingerprint density at radius 3 is 2.10 bits per heavy atom. The molecule has 1 saturated heterocycles. The summed E-state index contributed by atoms with van der Waals surface area (Å²) in [4.78, 5) is 24.4. The van der Waals surface area contributed by atoms with E-state index in [4.69, 9.17) is 14.6 Å². The van der Waals surface area contributed by atoms with Crippen molar-refractivity contribution in [2.24, 2.45) is 5.14 Å². The summed E-state index contributed by atoms with van der Waals surface area (Å²) >= 11 is 0. The van der Waals surface area contributed by atoms with Gasteiger partial charge in [0.25, 0.3) is 5.79 Å². The Balaban J connectivity index is 2.39. The SMILES string of the molecule is CC1(C)OC(=O)C(F)(CC[C@@](C)(CC(C)(C)S(N)=O)c2ccccc2F)C(=O)O1. The molecule has 1 fully saturated rings. The zero-order chi connectivity index (χ0) is 22.3. The second-order valence-corrected chi connectivity index (χ2v) is 10.5. The van der Waals surface area contributed by atoms with Crippen LogP contribution in [0.2, 0.25) is 0 Å². The molecular formula is C20H27F2NO5S. The molecule has 1 aromatic rings. The van der Waals surface area contributed by atoms with Gasteiger partial charge < -0.3 is 9.47 Å². The molecule has 1 aliphatic heterocycles. The molecule has 2 N–H and O–H groups in total. The molecule has 162 valence electrons. The average molecular weight is 432 g/mol. The van der Waals surface area contributed by atoms with Crippen LogP contribution in [0.15, 0.2) is 24.3 Å². The topological polar surface area (TPSA) is 95.7 Å². The maximum atomic E-state index is 15.3. The summed E-state index contributed by atoms with van der Waals surface area (Å²) in [5.41, 5.74) is -3.83. The standard InChI is InChI=1S/C20H27F2NO5S/c1-17(2,29(23)26)12-19(5,13-8-6-7-9-14(13)21)10-11-20(22)15(24)27-18(3,4)28-16(20)25/h6-9H,10-12,23H2,1-5H3/t19-,29?/m0/s1. The highest BCUT2D eigenvalue weighted by atomic mass is 32.2. The number of alkyl halides is 1. The van der Waals surface area contributed by atoms with E-state index in [1.54, 1.807) is 26.8 Å². The number of carbonyl (C=O) groups excluding carboxylic acids is 2. The van der Waals surface area contributed by atoms with Crippen molar-refractivity contribution < 1.29 is 32.1 Å². The van der Waals surface area contributed by atoms with Gasteiger partial charge in [-0.3, -0.25) is 5.14 Å². The molecule has 6 nitrogen and oxygen atoms in total. The summed E-state index contributed by atoms with van der Waals surface area (Å²) in [5.74, 6) is -4.76. The molecule has 1 aliphatic rings. The third-order valence-corrected chi connectivity index (χ3v) is 6.46. The van der Waals surface area contributed by atoms with Gasteiger partial charge in [-0.15, -0.1) is 0 Å². The molecule has 0 saturated carbocycles. The van der Waals surface area contributed by atoms with E-state index in [9.17, 15) is 18.2 Å². The Hall–Kier alpha value is -1.87. The van der Waals surface area contributed by atoms with E-state index in [1.807, 2.05) is 0 Å². The summed E-state index contributed by atoms with van der Waals surface area (Å²) in [6.45, 7) is 7.61. The van der Waals surface area contributed by atoms with Crippen LogP contribution in [-0.4, -0.2) is 32.4 Å². The fourth-order valence-corrected chi connectivity index (χ4v) is 4.11. The number of benzene rings is 1. The number of halogens is 2. The predicted molar refractivity (Wildman–Crippen MR) is 104 cm³/mol. The van der Waals surface area contributed by atoms with E-state index in [-0.39, 0.29) is 18.4 Å². The number of esters is 2. The first-order chi connectivity index (χ1) is 13.1. The van der Waals surface area contributed by atoms with Gasteiger partial charge in [-0.1, -0.05) is 25.1 Å². The van der Waals surface area contributed by atoms with E-state index in [0.29, 0.717) is 0 Å².